The van der Waals surface area contributed by atoms with Gasteiger partial charge in [0.05, 0.1) is 16.0 Å². The molecule has 0 aliphatic heterocycles. The van der Waals surface area contributed by atoms with Gasteiger partial charge in [0.2, 0.25) is 5.91 Å². The number of benzene rings is 2. The number of aryl methyl sites for hydroxylation is 3. The maximum atomic E-state index is 13.1. The second kappa shape index (κ2) is 9.74. The molecule has 0 fully saturated rings. The molecule has 0 atom stereocenters. The lowest BCUT2D eigenvalue weighted by Gasteiger charge is -2.21. The second-order valence-corrected chi connectivity index (χ2v) is 9.71. The van der Waals surface area contributed by atoms with E-state index in [1.807, 2.05) is 4.90 Å². The first-order valence-electron chi connectivity index (χ1n) is 9.86. The molecule has 0 N–H and O–H groups in total. The van der Waals surface area contributed by atoms with Gasteiger partial charge in [-0.15, -0.1) is 11.8 Å². The van der Waals surface area contributed by atoms with Gasteiger partial charge in [0.15, 0.2) is 5.13 Å². The Morgan fingerprint density at radius 2 is 1.76 bits per heavy atom. The number of hydrogen-bond donors (Lipinski definition) is 0. The number of carbonyl (C=O) groups excluding carboxylic acids is 1. The summed E-state index contributed by atoms with van der Waals surface area (Å²) < 4.78 is 1.14. The Kier molecular flexibility index (Phi) is 7.33. The van der Waals surface area contributed by atoms with Gasteiger partial charge >= 0.3 is 0 Å². The van der Waals surface area contributed by atoms with Crippen molar-refractivity contribution in [1.82, 2.24) is 9.88 Å². The number of nitrogens with zero attached hydrogens (tertiary/aromatic N) is 3. The van der Waals surface area contributed by atoms with Gasteiger partial charge in [-0.1, -0.05) is 35.1 Å². The Bertz CT molecular complexity index is 980. The van der Waals surface area contributed by atoms with E-state index in [4.69, 9.17) is 4.98 Å². The molecule has 0 aliphatic rings. The molecule has 0 radical (unpaired) electrons. The van der Waals surface area contributed by atoms with Gasteiger partial charge < -0.3 is 4.90 Å². The summed E-state index contributed by atoms with van der Waals surface area (Å²) in [5.41, 5.74) is 4.67. The van der Waals surface area contributed by atoms with Crippen molar-refractivity contribution in [3.8, 4) is 0 Å². The first-order chi connectivity index (χ1) is 13.8. The summed E-state index contributed by atoms with van der Waals surface area (Å²) in [6.07, 6.45) is 0.919. The van der Waals surface area contributed by atoms with E-state index in [0.29, 0.717) is 12.3 Å². The maximum Gasteiger partial charge on any atom is 0.239 e. The molecule has 154 valence electrons. The van der Waals surface area contributed by atoms with Crippen molar-refractivity contribution in [2.45, 2.75) is 32.1 Å². The number of aromatic nitrogens is 1. The lowest BCUT2D eigenvalue weighted by atomic mass is 10.1. The second-order valence-electron chi connectivity index (χ2n) is 7.65. The van der Waals surface area contributed by atoms with Crippen molar-refractivity contribution in [3.63, 3.8) is 0 Å². The van der Waals surface area contributed by atoms with Crippen LogP contribution in [-0.4, -0.2) is 48.7 Å². The minimum absolute atomic E-state index is 0.114. The monoisotopic (exact) mass is 427 g/mol. The number of thiazole rings is 1. The molecule has 0 saturated heterocycles. The van der Waals surface area contributed by atoms with Gasteiger partial charge in [0.25, 0.3) is 0 Å². The Hall–Kier alpha value is -1.89. The Morgan fingerprint density at radius 3 is 2.45 bits per heavy atom. The largest absolute Gasteiger partial charge is 0.309 e. The number of hydrogen-bond acceptors (Lipinski definition) is 5. The lowest BCUT2D eigenvalue weighted by Crippen LogP contribution is -2.34. The summed E-state index contributed by atoms with van der Waals surface area (Å²) in [7, 11) is 4.12. The first-order valence-corrected chi connectivity index (χ1v) is 11.7. The lowest BCUT2D eigenvalue weighted by molar-refractivity contribution is -0.116. The molecular weight excluding hydrogens is 398 g/mol. The van der Waals surface area contributed by atoms with Crippen LogP contribution in [0.3, 0.4) is 0 Å². The number of fused-ring (bicyclic) bond motifs is 1. The van der Waals surface area contributed by atoms with E-state index in [-0.39, 0.29) is 5.91 Å². The highest BCUT2D eigenvalue weighted by atomic mass is 32.2. The van der Waals surface area contributed by atoms with Crippen LogP contribution in [0, 0.1) is 20.8 Å². The highest BCUT2D eigenvalue weighted by Gasteiger charge is 2.20. The molecule has 0 spiro atoms. The first kappa shape index (κ1) is 21.8. The smallest absolute Gasteiger partial charge is 0.239 e. The van der Waals surface area contributed by atoms with E-state index in [2.05, 4.69) is 76.2 Å². The fraction of sp³-hybridized carbons (Fsp3) is 0.391. The third kappa shape index (κ3) is 5.59. The van der Waals surface area contributed by atoms with Crippen molar-refractivity contribution in [3.05, 3.63) is 53.1 Å². The molecule has 0 unspecified atom stereocenters. The third-order valence-corrected chi connectivity index (χ3v) is 7.02. The van der Waals surface area contributed by atoms with Crippen LogP contribution < -0.4 is 4.90 Å². The summed E-state index contributed by atoms with van der Waals surface area (Å²) in [6, 6.07) is 12.6. The van der Waals surface area contributed by atoms with Crippen LogP contribution in [0.15, 0.2) is 41.3 Å². The normalized spacial score (nSPS) is 11.4. The zero-order valence-corrected chi connectivity index (χ0v) is 19.5. The average Bonchev–Trinajstić information content (AvgIpc) is 3.12. The minimum Gasteiger partial charge on any atom is -0.309 e. The highest BCUT2D eigenvalue weighted by Crippen LogP contribution is 2.32. The Labute approximate surface area is 181 Å². The zero-order valence-electron chi connectivity index (χ0n) is 17.9. The summed E-state index contributed by atoms with van der Waals surface area (Å²) >= 11 is 3.20. The summed E-state index contributed by atoms with van der Waals surface area (Å²) in [4.78, 5) is 23.2. The van der Waals surface area contributed by atoms with E-state index >= 15 is 0 Å². The van der Waals surface area contributed by atoms with Crippen LogP contribution in [0.2, 0.25) is 0 Å². The molecule has 1 heterocycles. The van der Waals surface area contributed by atoms with Gasteiger partial charge in [-0.05, 0) is 77.2 Å². The summed E-state index contributed by atoms with van der Waals surface area (Å²) in [5, 5.41) is 0.807. The van der Waals surface area contributed by atoms with E-state index in [0.717, 1.165) is 33.2 Å². The minimum atomic E-state index is 0.114. The fourth-order valence-corrected chi connectivity index (χ4v) is 4.90. The molecule has 29 heavy (non-hydrogen) atoms. The van der Waals surface area contributed by atoms with Crippen molar-refractivity contribution in [2.24, 2.45) is 0 Å². The molecule has 6 heteroatoms. The van der Waals surface area contributed by atoms with Crippen LogP contribution in [0.4, 0.5) is 5.13 Å². The van der Waals surface area contributed by atoms with E-state index in [1.165, 1.54) is 16.7 Å². The number of anilines is 1. The topological polar surface area (TPSA) is 36.4 Å². The van der Waals surface area contributed by atoms with Crippen molar-refractivity contribution >= 4 is 44.4 Å². The number of carbonyl (C=O) groups is 1. The molecular formula is C23H29N3OS2. The SMILES string of the molecule is Cc1ccc(SCC(=O)N(CCCN(C)C)c2nc3c(C)c(C)ccc3s2)cc1. The fourth-order valence-electron chi connectivity index (χ4n) is 3.06. The van der Waals surface area contributed by atoms with Crippen LogP contribution in [-0.2, 0) is 4.79 Å². The van der Waals surface area contributed by atoms with Gasteiger partial charge in [0, 0.05) is 11.4 Å². The van der Waals surface area contributed by atoms with Gasteiger partial charge in [-0.2, -0.15) is 0 Å². The summed E-state index contributed by atoms with van der Waals surface area (Å²) in [5.74, 6) is 0.529. The molecule has 0 bridgehead atoms. The molecule has 3 rings (SSSR count). The van der Waals surface area contributed by atoms with Gasteiger partial charge in [0.1, 0.15) is 0 Å². The van der Waals surface area contributed by atoms with E-state index in [1.54, 1.807) is 23.1 Å². The van der Waals surface area contributed by atoms with Crippen molar-refractivity contribution in [1.29, 1.82) is 0 Å². The van der Waals surface area contributed by atoms with Gasteiger partial charge in [-0.3, -0.25) is 9.69 Å². The van der Waals surface area contributed by atoms with E-state index < -0.39 is 0 Å². The zero-order chi connectivity index (χ0) is 21.0. The Balaban J connectivity index is 1.80. The molecule has 2 aromatic carbocycles. The Morgan fingerprint density at radius 1 is 1.03 bits per heavy atom. The van der Waals surface area contributed by atoms with Crippen LogP contribution in [0.1, 0.15) is 23.1 Å². The van der Waals surface area contributed by atoms with Crippen molar-refractivity contribution in [2.75, 3.05) is 37.8 Å². The molecule has 1 amide bonds. The third-order valence-electron chi connectivity index (χ3n) is 4.98. The highest BCUT2D eigenvalue weighted by molar-refractivity contribution is 8.00. The number of thioether (sulfide) groups is 1. The quantitative estimate of drug-likeness (QED) is 0.457. The van der Waals surface area contributed by atoms with Crippen molar-refractivity contribution < 1.29 is 4.79 Å². The summed E-state index contributed by atoms with van der Waals surface area (Å²) in [6.45, 7) is 7.91. The van der Waals surface area contributed by atoms with Crippen LogP contribution >= 0.6 is 23.1 Å². The molecule has 0 saturated carbocycles. The predicted molar refractivity (Wildman–Crippen MR) is 127 cm³/mol. The predicted octanol–water partition coefficient (Wildman–Crippen LogP) is 5.30. The van der Waals surface area contributed by atoms with Crippen LogP contribution in [0.5, 0.6) is 0 Å². The van der Waals surface area contributed by atoms with Gasteiger partial charge in [-0.25, -0.2) is 4.98 Å². The van der Waals surface area contributed by atoms with Crippen LogP contribution in [0.25, 0.3) is 10.2 Å². The standard InChI is InChI=1S/C23H29N3OS2/c1-16-7-10-19(11-8-16)28-15-21(27)26(14-6-13-25(4)5)23-24-22-18(3)17(2)9-12-20(22)29-23/h7-12H,6,13-15H2,1-5H3. The molecule has 0 aliphatic carbocycles. The molecule has 4 nitrogen and oxygen atoms in total. The molecule has 3 aromatic rings. The number of amides is 1. The number of rotatable bonds is 8. The average molecular weight is 428 g/mol. The maximum absolute atomic E-state index is 13.1. The molecule has 1 aromatic heterocycles. The van der Waals surface area contributed by atoms with E-state index in [9.17, 15) is 4.79 Å².